The normalized spacial score (nSPS) is 18.7. The Kier molecular flexibility index (Phi) is 5.02. The number of guanidine groups is 1. The molecular formula is C18H28N6. The quantitative estimate of drug-likeness (QED) is 0.668. The van der Waals surface area contributed by atoms with Crippen molar-refractivity contribution in [3.63, 3.8) is 0 Å². The van der Waals surface area contributed by atoms with Gasteiger partial charge in [-0.3, -0.25) is 9.39 Å². The summed E-state index contributed by atoms with van der Waals surface area (Å²) in [7, 11) is 1.83. The maximum atomic E-state index is 4.35. The standard InChI is InChI=1S/C18H28N6/c1-18(2)10-7-14(8-11-18)21-17(19-3)20-12-9-16-23-22-15-6-4-5-13-24(15)16/h4-6,13-14H,7-12H2,1-3H3,(H2,19,20,21). The van der Waals surface area contributed by atoms with Gasteiger partial charge in [-0.1, -0.05) is 19.9 Å². The zero-order valence-corrected chi connectivity index (χ0v) is 14.9. The first-order valence-electron chi connectivity index (χ1n) is 8.83. The van der Waals surface area contributed by atoms with Gasteiger partial charge in [-0.05, 0) is 43.2 Å². The Morgan fingerprint density at radius 2 is 2.08 bits per heavy atom. The molecule has 0 spiro atoms. The van der Waals surface area contributed by atoms with Gasteiger partial charge in [-0.2, -0.15) is 0 Å². The average Bonchev–Trinajstić information content (AvgIpc) is 2.99. The van der Waals surface area contributed by atoms with Gasteiger partial charge in [-0.25, -0.2) is 0 Å². The third-order valence-electron chi connectivity index (χ3n) is 4.93. The van der Waals surface area contributed by atoms with Gasteiger partial charge in [-0.15, -0.1) is 10.2 Å². The van der Waals surface area contributed by atoms with Crippen molar-refractivity contribution in [2.45, 2.75) is 52.0 Å². The van der Waals surface area contributed by atoms with Crippen LogP contribution in [0.3, 0.4) is 0 Å². The summed E-state index contributed by atoms with van der Waals surface area (Å²) in [6, 6.07) is 6.47. The van der Waals surface area contributed by atoms with E-state index >= 15 is 0 Å². The monoisotopic (exact) mass is 328 g/mol. The van der Waals surface area contributed by atoms with Crippen molar-refractivity contribution in [1.82, 2.24) is 25.2 Å². The van der Waals surface area contributed by atoms with E-state index in [1.165, 1.54) is 25.7 Å². The van der Waals surface area contributed by atoms with Gasteiger partial charge in [0.05, 0.1) is 0 Å². The highest BCUT2D eigenvalue weighted by molar-refractivity contribution is 5.79. The van der Waals surface area contributed by atoms with Crippen LogP contribution in [-0.2, 0) is 6.42 Å². The summed E-state index contributed by atoms with van der Waals surface area (Å²) >= 11 is 0. The molecule has 3 rings (SSSR count). The van der Waals surface area contributed by atoms with E-state index in [2.05, 4.69) is 39.7 Å². The molecule has 1 aliphatic rings. The maximum absolute atomic E-state index is 4.35. The molecule has 6 nitrogen and oxygen atoms in total. The van der Waals surface area contributed by atoms with Gasteiger partial charge in [0.1, 0.15) is 5.82 Å². The predicted octanol–water partition coefficient (Wildman–Crippen LogP) is 2.41. The van der Waals surface area contributed by atoms with Crippen molar-refractivity contribution >= 4 is 11.6 Å². The van der Waals surface area contributed by atoms with Gasteiger partial charge in [0.2, 0.25) is 0 Å². The van der Waals surface area contributed by atoms with Crippen LogP contribution >= 0.6 is 0 Å². The van der Waals surface area contributed by atoms with Crippen LogP contribution in [0, 0.1) is 5.41 Å². The van der Waals surface area contributed by atoms with Crippen molar-refractivity contribution in [3.05, 3.63) is 30.2 Å². The van der Waals surface area contributed by atoms with Crippen molar-refractivity contribution in [1.29, 1.82) is 0 Å². The van der Waals surface area contributed by atoms with E-state index in [0.717, 1.165) is 30.4 Å². The highest BCUT2D eigenvalue weighted by Crippen LogP contribution is 2.34. The minimum Gasteiger partial charge on any atom is -0.356 e. The van der Waals surface area contributed by atoms with E-state index in [1.807, 2.05) is 35.8 Å². The van der Waals surface area contributed by atoms with E-state index in [0.29, 0.717) is 11.5 Å². The zero-order valence-electron chi connectivity index (χ0n) is 14.9. The van der Waals surface area contributed by atoms with Crippen molar-refractivity contribution < 1.29 is 0 Å². The SMILES string of the molecule is CN=C(NCCc1nnc2ccccn12)NC1CCC(C)(C)CC1. The molecule has 1 aliphatic carbocycles. The van der Waals surface area contributed by atoms with Crippen molar-refractivity contribution in [2.75, 3.05) is 13.6 Å². The van der Waals surface area contributed by atoms with Crippen LogP contribution in [0.5, 0.6) is 0 Å². The number of aromatic nitrogens is 3. The number of nitrogens with zero attached hydrogens (tertiary/aromatic N) is 4. The lowest BCUT2D eigenvalue weighted by Gasteiger charge is -2.35. The number of aliphatic imine (C=N–C) groups is 1. The fourth-order valence-corrected chi connectivity index (χ4v) is 3.29. The second kappa shape index (κ2) is 7.20. The number of hydrogen-bond donors (Lipinski definition) is 2. The van der Waals surface area contributed by atoms with Gasteiger partial charge in [0, 0.05) is 32.3 Å². The summed E-state index contributed by atoms with van der Waals surface area (Å²) in [6.07, 6.45) is 7.77. The van der Waals surface area contributed by atoms with Crippen molar-refractivity contribution in [3.8, 4) is 0 Å². The summed E-state index contributed by atoms with van der Waals surface area (Å²) in [5.74, 6) is 1.85. The van der Waals surface area contributed by atoms with Crippen LogP contribution in [0.1, 0.15) is 45.4 Å². The summed E-state index contributed by atoms with van der Waals surface area (Å²) in [6.45, 7) is 5.51. The van der Waals surface area contributed by atoms with E-state index in [9.17, 15) is 0 Å². The summed E-state index contributed by atoms with van der Waals surface area (Å²) in [5.41, 5.74) is 1.38. The van der Waals surface area contributed by atoms with Gasteiger partial charge in [0.25, 0.3) is 0 Å². The Hall–Kier alpha value is -2.11. The molecule has 1 saturated carbocycles. The first kappa shape index (κ1) is 16.7. The molecule has 24 heavy (non-hydrogen) atoms. The molecule has 2 aromatic heterocycles. The molecule has 2 heterocycles. The van der Waals surface area contributed by atoms with E-state index in [4.69, 9.17) is 0 Å². The molecule has 0 saturated heterocycles. The molecule has 0 aromatic carbocycles. The smallest absolute Gasteiger partial charge is 0.191 e. The van der Waals surface area contributed by atoms with Crippen LogP contribution in [0.25, 0.3) is 5.65 Å². The third kappa shape index (κ3) is 4.04. The summed E-state index contributed by atoms with van der Waals surface area (Å²) in [5, 5.41) is 15.4. The first-order valence-corrected chi connectivity index (χ1v) is 8.83. The molecule has 6 heteroatoms. The van der Waals surface area contributed by atoms with E-state index < -0.39 is 0 Å². The molecular weight excluding hydrogens is 300 g/mol. The lowest BCUT2D eigenvalue weighted by atomic mass is 9.75. The maximum Gasteiger partial charge on any atom is 0.191 e. The Morgan fingerprint density at radius 1 is 1.29 bits per heavy atom. The minimum atomic E-state index is 0.490. The molecule has 0 aliphatic heterocycles. The first-order chi connectivity index (χ1) is 11.6. The molecule has 0 radical (unpaired) electrons. The Bertz CT molecular complexity index is 692. The molecule has 0 atom stereocenters. The molecule has 2 aromatic rings. The summed E-state index contributed by atoms with van der Waals surface area (Å²) < 4.78 is 2.03. The Morgan fingerprint density at radius 3 is 2.83 bits per heavy atom. The molecule has 2 N–H and O–H groups in total. The zero-order chi connectivity index (χ0) is 17.0. The van der Waals surface area contributed by atoms with Crippen LogP contribution in [0.2, 0.25) is 0 Å². The third-order valence-corrected chi connectivity index (χ3v) is 4.93. The number of rotatable bonds is 4. The fraction of sp³-hybridized carbons (Fsp3) is 0.611. The second-order valence-corrected chi connectivity index (χ2v) is 7.38. The van der Waals surface area contributed by atoms with E-state index in [-0.39, 0.29) is 0 Å². The van der Waals surface area contributed by atoms with Crippen molar-refractivity contribution in [2.24, 2.45) is 10.4 Å². The largest absolute Gasteiger partial charge is 0.356 e. The highest BCUT2D eigenvalue weighted by Gasteiger charge is 2.27. The lowest BCUT2D eigenvalue weighted by Crippen LogP contribution is -2.46. The van der Waals surface area contributed by atoms with Gasteiger partial charge in [0.15, 0.2) is 11.6 Å². The van der Waals surface area contributed by atoms with Crippen LogP contribution in [0.4, 0.5) is 0 Å². The lowest BCUT2D eigenvalue weighted by molar-refractivity contribution is 0.216. The number of hydrogen-bond acceptors (Lipinski definition) is 3. The molecule has 1 fully saturated rings. The number of fused-ring (bicyclic) bond motifs is 1. The Balaban J connectivity index is 1.48. The minimum absolute atomic E-state index is 0.490. The Labute approximate surface area is 143 Å². The van der Waals surface area contributed by atoms with Gasteiger partial charge < -0.3 is 10.6 Å². The number of pyridine rings is 1. The van der Waals surface area contributed by atoms with Crippen LogP contribution in [-0.4, -0.2) is 40.2 Å². The average molecular weight is 328 g/mol. The number of nitrogens with one attached hydrogen (secondary N) is 2. The van der Waals surface area contributed by atoms with Gasteiger partial charge >= 0.3 is 0 Å². The molecule has 130 valence electrons. The predicted molar refractivity (Wildman–Crippen MR) is 97.2 cm³/mol. The topological polar surface area (TPSA) is 66.6 Å². The van der Waals surface area contributed by atoms with E-state index in [1.54, 1.807) is 0 Å². The summed E-state index contributed by atoms with van der Waals surface area (Å²) in [4.78, 5) is 4.35. The molecule has 0 bridgehead atoms. The molecule has 0 amide bonds. The highest BCUT2D eigenvalue weighted by atomic mass is 15.2. The second-order valence-electron chi connectivity index (χ2n) is 7.38. The molecule has 0 unspecified atom stereocenters. The van der Waals surface area contributed by atoms with Crippen LogP contribution in [0.15, 0.2) is 29.4 Å². The fourth-order valence-electron chi connectivity index (χ4n) is 3.29. The van der Waals surface area contributed by atoms with Crippen LogP contribution < -0.4 is 10.6 Å².